The van der Waals surface area contributed by atoms with Crippen LogP contribution in [0.1, 0.15) is 25.8 Å². The zero-order chi connectivity index (χ0) is 11.3. The summed E-state index contributed by atoms with van der Waals surface area (Å²) in [6.45, 7) is 5.10. The summed E-state index contributed by atoms with van der Waals surface area (Å²) in [5.41, 5.74) is 6.93. The van der Waals surface area contributed by atoms with Gasteiger partial charge in [-0.25, -0.2) is 4.39 Å². The van der Waals surface area contributed by atoms with E-state index in [1.54, 1.807) is 0 Å². The fourth-order valence-corrected chi connectivity index (χ4v) is 1.77. The Hall–Kier alpha value is -0.890. The van der Waals surface area contributed by atoms with Crippen molar-refractivity contribution in [3.8, 4) is 0 Å². The Morgan fingerprint density at radius 1 is 1.27 bits per heavy atom. The topological polar surface area (TPSA) is 26.0 Å². The summed E-state index contributed by atoms with van der Waals surface area (Å²) < 4.78 is 12.7. The van der Waals surface area contributed by atoms with Crippen molar-refractivity contribution in [2.75, 3.05) is 6.54 Å². The van der Waals surface area contributed by atoms with Gasteiger partial charge in [0.2, 0.25) is 0 Å². The average molecular weight is 209 g/mol. The first-order chi connectivity index (χ1) is 7.17. The van der Waals surface area contributed by atoms with Gasteiger partial charge in [-0.15, -0.1) is 0 Å². The molecule has 1 rings (SSSR count). The molecule has 1 aromatic carbocycles. The van der Waals surface area contributed by atoms with Crippen LogP contribution in [0.15, 0.2) is 24.3 Å². The highest BCUT2D eigenvalue weighted by Gasteiger charge is 2.14. The van der Waals surface area contributed by atoms with Gasteiger partial charge in [0.25, 0.3) is 0 Å². The molecule has 1 aromatic rings. The molecule has 0 saturated carbocycles. The highest BCUT2D eigenvalue weighted by Crippen LogP contribution is 2.19. The quantitative estimate of drug-likeness (QED) is 0.792. The van der Waals surface area contributed by atoms with Gasteiger partial charge in [0.05, 0.1) is 0 Å². The van der Waals surface area contributed by atoms with Gasteiger partial charge in [-0.2, -0.15) is 0 Å². The molecule has 2 heteroatoms. The largest absolute Gasteiger partial charge is 0.330 e. The van der Waals surface area contributed by atoms with Crippen LogP contribution in [0.3, 0.4) is 0 Å². The predicted octanol–water partition coefficient (Wildman–Crippen LogP) is 2.99. The molecule has 2 atom stereocenters. The van der Waals surface area contributed by atoms with Crippen LogP contribution in [0.2, 0.25) is 0 Å². The minimum absolute atomic E-state index is 0.174. The van der Waals surface area contributed by atoms with Gasteiger partial charge in [-0.3, -0.25) is 0 Å². The van der Waals surface area contributed by atoms with Crippen LogP contribution in [0, 0.1) is 17.7 Å². The summed E-state index contributed by atoms with van der Waals surface area (Å²) in [7, 11) is 0. The predicted molar refractivity (Wildman–Crippen MR) is 62.1 cm³/mol. The summed E-state index contributed by atoms with van der Waals surface area (Å²) in [4.78, 5) is 0. The second kappa shape index (κ2) is 5.86. The lowest BCUT2D eigenvalue weighted by molar-refractivity contribution is 0.354. The molecule has 0 aliphatic heterocycles. The van der Waals surface area contributed by atoms with Crippen molar-refractivity contribution in [2.24, 2.45) is 17.6 Å². The zero-order valence-corrected chi connectivity index (χ0v) is 9.54. The van der Waals surface area contributed by atoms with Gasteiger partial charge in [0.15, 0.2) is 0 Å². The van der Waals surface area contributed by atoms with E-state index in [1.807, 2.05) is 12.1 Å². The summed E-state index contributed by atoms with van der Waals surface area (Å²) in [5, 5.41) is 0. The molecule has 0 heterocycles. The molecule has 0 aliphatic carbocycles. The van der Waals surface area contributed by atoms with E-state index in [0.29, 0.717) is 18.4 Å². The van der Waals surface area contributed by atoms with E-state index in [4.69, 9.17) is 5.73 Å². The van der Waals surface area contributed by atoms with E-state index in [2.05, 4.69) is 13.8 Å². The van der Waals surface area contributed by atoms with Crippen molar-refractivity contribution in [3.05, 3.63) is 35.6 Å². The lowest BCUT2D eigenvalue weighted by atomic mass is 9.86. The first-order valence-electron chi connectivity index (χ1n) is 5.61. The Bertz CT molecular complexity index is 281. The van der Waals surface area contributed by atoms with Crippen LogP contribution in [0.5, 0.6) is 0 Å². The fraction of sp³-hybridized carbons (Fsp3) is 0.538. The van der Waals surface area contributed by atoms with Crippen LogP contribution < -0.4 is 5.73 Å². The number of hydrogen-bond acceptors (Lipinski definition) is 1. The first kappa shape index (κ1) is 12.2. The Morgan fingerprint density at radius 3 is 2.33 bits per heavy atom. The van der Waals surface area contributed by atoms with E-state index in [9.17, 15) is 4.39 Å². The third-order valence-electron chi connectivity index (χ3n) is 3.16. The molecule has 0 saturated heterocycles. The molecule has 1 nitrogen and oxygen atoms in total. The van der Waals surface area contributed by atoms with E-state index in [-0.39, 0.29) is 5.82 Å². The standard InChI is InChI=1S/C13H20FN/c1-3-10(2)12(9-15)8-11-4-6-13(14)7-5-11/h4-7,10,12H,3,8-9,15H2,1-2H3. The normalized spacial score (nSPS) is 14.9. The number of rotatable bonds is 5. The van der Waals surface area contributed by atoms with E-state index in [0.717, 1.165) is 12.8 Å². The molecule has 0 amide bonds. The van der Waals surface area contributed by atoms with Crippen LogP contribution in [-0.4, -0.2) is 6.54 Å². The van der Waals surface area contributed by atoms with Crippen LogP contribution in [0.4, 0.5) is 4.39 Å². The molecular formula is C13H20FN. The maximum Gasteiger partial charge on any atom is 0.123 e. The third kappa shape index (κ3) is 3.63. The van der Waals surface area contributed by atoms with Crippen molar-refractivity contribution in [3.63, 3.8) is 0 Å². The maximum absolute atomic E-state index is 12.7. The van der Waals surface area contributed by atoms with Gasteiger partial charge in [0, 0.05) is 0 Å². The highest BCUT2D eigenvalue weighted by atomic mass is 19.1. The molecule has 0 spiro atoms. The first-order valence-corrected chi connectivity index (χ1v) is 5.61. The molecule has 0 aromatic heterocycles. The molecule has 0 fully saturated rings. The van der Waals surface area contributed by atoms with E-state index in [1.165, 1.54) is 17.7 Å². The second-order valence-corrected chi connectivity index (χ2v) is 4.21. The number of benzene rings is 1. The number of nitrogens with two attached hydrogens (primary N) is 1. The van der Waals surface area contributed by atoms with Gasteiger partial charge in [-0.1, -0.05) is 32.4 Å². The average Bonchev–Trinajstić information content (AvgIpc) is 2.27. The third-order valence-corrected chi connectivity index (χ3v) is 3.16. The van der Waals surface area contributed by atoms with Crippen LogP contribution >= 0.6 is 0 Å². The lowest BCUT2D eigenvalue weighted by Gasteiger charge is -2.21. The molecule has 2 N–H and O–H groups in total. The number of hydrogen-bond donors (Lipinski definition) is 1. The maximum atomic E-state index is 12.7. The monoisotopic (exact) mass is 209 g/mol. The summed E-state index contributed by atoms with van der Waals surface area (Å²) in [6.07, 6.45) is 2.09. The van der Waals surface area contributed by atoms with Crippen molar-refractivity contribution in [1.29, 1.82) is 0 Å². The van der Waals surface area contributed by atoms with Crippen molar-refractivity contribution < 1.29 is 4.39 Å². The van der Waals surface area contributed by atoms with Crippen molar-refractivity contribution >= 4 is 0 Å². The van der Waals surface area contributed by atoms with Crippen LogP contribution in [-0.2, 0) is 6.42 Å². The van der Waals surface area contributed by atoms with Gasteiger partial charge in [-0.05, 0) is 42.5 Å². The second-order valence-electron chi connectivity index (χ2n) is 4.21. The number of halogens is 1. The summed E-state index contributed by atoms with van der Waals surface area (Å²) >= 11 is 0. The smallest absolute Gasteiger partial charge is 0.123 e. The van der Waals surface area contributed by atoms with E-state index < -0.39 is 0 Å². The van der Waals surface area contributed by atoms with Gasteiger partial charge >= 0.3 is 0 Å². The molecular weight excluding hydrogens is 189 g/mol. The minimum Gasteiger partial charge on any atom is -0.330 e. The molecule has 84 valence electrons. The van der Waals surface area contributed by atoms with Crippen molar-refractivity contribution in [2.45, 2.75) is 26.7 Å². The van der Waals surface area contributed by atoms with E-state index >= 15 is 0 Å². The Morgan fingerprint density at radius 2 is 1.87 bits per heavy atom. The lowest BCUT2D eigenvalue weighted by Crippen LogP contribution is -2.23. The molecule has 15 heavy (non-hydrogen) atoms. The molecule has 0 radical (unpaired) electrons. The van der Waals surface area contributed by atoms with Crippen LogP contribution in [0.25, 0.3) is 0 Å². The molecule has 2 unspecified atom stereocenters. The Balaban J connectivity index is 2.62. The van der Waals surface area contributed by atoms with Crippen molar-refractivity contribution in [1.82, 2.24) is 0 Å². The van der Waals surface area contributed by atoms with Gasteiger partial charge < -0.3 is 5.73 Å². The zero-order valence-electron chi connectivity index (χ0n) is 9.54. The Labute approximate surface area is 91.5 Å². The Kier molecular flexibility index (Phi) is 4.76. The highest BCUT2D eigenvalue weighted by molar-refractivity contribution is 5.16. The summed E-state index contributed by atoms with van der Waals surface area (Å²) in [6, 6.07) is 6.72. The SMILES string of the molecule is CCC(C)C(CN)Cc1ccc(F)cc1. The molecule has 0 aliphatic rings. The fourth-order valence-electron chi connectivity index (χ4n) is 1.77. The minimum atomic E-state index is -0.174. The molecule has 0 bridgehead atoms. The van der Waals surface area contributed by atoms with Gasteiger partial charge in [0.1, 0.15) is 5.82 Å². The summed E-state index contributed by atoms with van der Waals surface area (Å²) in [5.74, 6) is 0.951.